The predicted octanol–water partition coefficient (Wildman–Crippen LogP) is 2.91. The van der Waals surface area contributed by atoms with Crippen molar-refractivity contribution in [1.29, 1.82) is 0 Å². The molecule has 0 saturated heterocycles. The molecule has 0 amide bonds. The second kappa shape index (κ2) is 15.4. The number of anilines is 2. The van der Waals surface area contributed by atoms with Crippen LogP contribution in [0.25, 0.3) is 0 Å². The van der Waals surface area contributed by atoms with Crippen molar-refractivity contribution in [3.63, 3.8) is 0 Å². The highest BCUT2D eigenvalue weighted by Gasteiger charge is 2.40. The van der Waals surface area contributed by atoms with Gasteiger partial charge < -0.3 is 18.9 Å². The van der Waals surface area contributed by atoms with Crippen LogP contribution < -0.4 is 10.9 Å². The molecule has 38 heavy (non-hydrogen) atoms. The van der Waals surface area contributed by atoms with E-state index in [0.717, 1.165) is 27.7 Å². The number of carbonyl (C=O) groups is 4. The van der Waals surface area contributed by atoms with Crippen molar-refractivity contribution in [1.82, 2.24) is 0 Å². The zero-order valence-electron chi connectivity index (χ0n) is 21.5. The Morgan fingerprint density at radius 2 is 1.26 bits per heavy atom. The molecule has 0 aliphatic carbocycles. The van der Waals surface area contributed by atoms with Crippen molar-refractivity contribution < 1.29 is 38.1 Å². The summed E-state index contributed by atoms with van der Waals surface area (Å²) in [5.74, 6) is -2.94. The maximum Gasteiger partial charge on any atom is 0.303 e. The van der Waals surface area contributed by atoms with Gasteiger partial charge in [-0.2, -0.15) is 10.2 Å². The van der Waals surface area contributed by atoms with Gasteiger partial charge in [0.15, 0.2) is 18.3 Å². The molecule has 2 aromatic rings. The van der Waals surface area contributed by atoms with Gasteiger partial charge in [-0.05, 0) is 24.3 Å². The van der Waals surface area contributed by atoms with E-state index in [1.165, 1.54) is 6.21 Å². The highest BCUT2D eigenvalue weighted by atomic mass is 16.6. The van der Waals surface area contributed by atoms with E-state index < -0.39 is 48.8 Å². The number of benzene rings is 2. The number of nitrogens with zero attached hydrogens (tertiary/aromatic N) is 2. The Morgan fingerprint density at radius 3 is 1.76 bits per heavy atom. The first-order valence-corrected chi connectivity index (χ1v) is 11.5. The fourth-order valence-corrected chi connectivity index (χ4v) is 3.10. The number of para-hydroxylation sites is 2. The summed E-state index contributed by atoms with van der Waals surface area (Å²) in [6.45, 7) is 4.08. The molecule has 0 radical (unpaired) electrons. The Morgan fingerprint density at radius 1 is 0.737 bits per heavy atom. The van der Waals surface area contributed by atoms with Crippen LogP contribution in [-0.2, 0) is 38.1 Å². The molecule has 0 aliphatic rings. The van der Waals surface area contributed by atoms with Gasteiger partial charge in [0.25, 0.3) is 0 Å². The fraction of sp³-hybridized carbons (Fsp3) is 0.308. The van der Waals surface area contributed by atoms with E-state index in [4.69, 9.17) is 18.9 Å². The second-order valence-electron chi connectivity index (χ2n) is 7.81. The third-order valence-corrected chi connectivity index (χ3v) is 4.57. The van der Waals surface area contributed by atoms with Crippen LogP contribution in [0.4, 0.5) is 11.4 Å². The molecule has 0 unspecified atom stereocenters. The van der Waals surface area contributed by atoms with Gasteiger partial charge >= 0.3 is 23.9 Å². The summed E-state index contributed by atoms with van der Waals surface area (Å²) in [5, 5.41) is 8.49. The quantitative estimate of drug-likeness (QED) is 0.172. The van der Waals surface area contributed by atoms with Crippen molar-refractivity contribution in [3.05, 3.63) is 60.7 Å². The molecule has 3 atom stereocenters. The van der Waals surface area contributed by atoms with Crippen molar-refractivity contribution in [3.8, 4) is 0 Å². The summed E-state index contributed by atoms with van der Waals surface area (Å²) >= 11 is 0. The molecule has 0 fully saturated rings. The summed E-state index contributed by atoms with van der Waals surface area (Å²) in [6, 6.07) is 17.9. The molecule has 2 N–H and O–H groups in total. The highest BCUT2D eigenvalue weighted by Crippen LogP contribution is 2.17. The number of rotatable bonds is 13. The smallest absolute Gasteiger partial charge is 0.303 e. The first-order chi connectivity index (χ1) is 18.2. The van der Waals surface area contributed by atoms with Crippen LogP contribution in [-0.4, -0.2) is 60.7 Å². The summed E-state index contributed by atoms with van der Waals surface area (Å²) < 4.78 is 21.2. The normalized spacial score (nSPS) is 13.5. The Labute approximate surface area is 220 Å². The van der Waals surface area contributed by atoms with E-state index in [1.807, 2.05) is 12.1 Å². The van der Waals surface area contributed by atoms with Gasteiger partial charge in [-0.25, -0.2) is 0 Å². The van der Waals surface area contributed by atoms with Crippen LogP contribution in [0, 0.1) is 0 Å². The number of ether oxygens (including phenoxy) is 4. The van der Waals surface area contributed by atoms with Crippen molar-refractivity contribution in [2.24, 2.45) is 10.2 Å². The zero-order chi connectivity index (χ0) is 27.9. The van der Waals surface area contributed by atoms with Gasteiger partial charge in [0, 0.05) is 27.7 Å². The Balaban J connectivity index is 2.54. The average Bonchev–Trinajstić information content (AvgIpc) is 2.87. The summed E-state index contributed by atoms with van der Waals surface area (Å²) in [4.78, 5) is 47.5. The highest BCUT2D eigenvalue weighted by molar-refractivity contribution is 6.33. The molecule has 0 saturated carbocycles. The maximum absolute atomic E-state index is 12.1. The lowest BCUT2D eigenvalue weighted by Gasteiger charge is -2.31. The number of nitrogens with one attached hydrogen (secondary N) is 2. The molecular formula is C26H30N4O8. The molecule has 0 bridgehead atoms. The minimum Gasteiger partial charge on any atom is -0.462 e. The van der Waals surface area contributed by atoms with Crippen molar-refractivity contribution in [2.45, 2.75) is 46.0 Å². The lowest BCUT2D eigenvalue weighted by atomic mass is 10.0. The zero-order valence-corrected chi connectivity index (χ0v) is 21.5. The molecule has 0 aromatic heterocycles. The third-order valence-electron chi connectivity index (χ3n) is 4.57. The van der Waals surface area contributed by atoms with Crippen LogP contribution in [0.3, 0.4) is 0 Å². The lowest BCUT2D eigenvalue weighted by molar-refractivity contribution is -0.183. The molecule has 2 aromatic carbocycles. The van der Waals surface area contributed by atoms with Crippen LogP contribution in [0.1, 0.15) is 27.7 Å². The largest absolute Gasteiger partial charge is 0.462 e. The van der Waals surface area contributed by atoms with Crippen LogP contribution >= 0.6 is 0 Å². The lowest BCUT2D eigenvalue weighted by Crippen LogP contribution is -2.51. The van der Waals surface area contributed by atoms with E-state index in [9.17, 15) is 19.2 Å². The predicted molar refractivity (Wildman–Crippen MR) is 139 cm³/mol. The Bertz CT molecular complexity index is 1140. The second-order valence-corrected chi connectivity index (χ2v) is 7.81. The van der Waals surface area contributed by atoms with Gasteiger partial charge in [0.05, 0.1) is 17.6 Å². The summed E-state index contributed by atoms with van der Waals surface area (Å²) in [6.07, 6.45) is -2.99. The van der Waals surface area contributed by atoms with Gasteiger partial charge in [-0.3, -0.25) is 30.0 Å². The van der Waals surface area contributed by atoms with Crippen LogP contribution in [0.2, 0.25) is 0 Å². The van der Waals surface area contributed by atoms with Gasteiger partial charge in [0.2, 0.25) is 0 Å². The standard InChI is InChI=1S/C26H30N4O8/c1-17(31)35-16-24(36-18(2)32)26(38-20(4)34)25(37-19(3)33)23(30-29-22-13-9-6-10-14-22)15-27-28-21-11-7-5-8-12-21/h5-15,24-26,28-29H,16H2,1-4H3/b27-15+,30-23+/t24-,25-,26-/m1/s1. The molecule has 12 nitrogen and oxygen atoms in total. The summed E-state index contributed by atoms with van der Waals surface area (Å²) in [5.41, 5.74) is 6.89. The molecular weight excluding hydrogens is 496 g/mol. The number of hydrogen-bond acceptors (Lipinski definition) is 12. The van der Waals surface area contributed by atoms with E-state index >= 15 is 0 Å². The number of hydrogen-bond donors (Lipinski definition) is 2. The van der Waals surface area contributed by atoms with Gasteiger partial charge in [-0.15, -0.1) is 0 Å². The number of carbonyl (C=O) groups excluding carboxylic acids is 4. The molecule has 0 spiro atoms. The van der Waals surface area contributed by atoms with E-state index in [1.54, 1.807) is 48.5 Å². The van der Waals surface area contributed by atoms with Gasteiger partial charge in [0.1, 0.15) is 12.3 Å². The molecule has 0 aliphatic heterocycles. The van der Waals surface area contributed by atoms with Crippen LogP contribution in [0.5, 0.6) is 0 Å². The maximum atomic E-state index is 12.1. The topological polar surface area (TPSA) is 154 Å². The molecule has 12 heteroatoms. The third kappa shape index (κ3) is 10.9. The first kappa shape index (κ1) is 29.5. The minimum absolute atomic E-state index is 0.0151. The number of hydrazone groups is 2. The minimum atomic E-state index is -1.46. The average molecular weight is 527 g/mol. The van der Waals surface area contributed by atoms with E-state index in [0.29, 0.717) is 11.4 Å². The Hall–Kier alpha value is -4.74. The fourth-order valence-electron chi connectivity index (χ4n) is 3.10. The van der Waals surface area contributed by atoms with E-state index in [2.05, 4.69) is 21.1 Å². The summed E-state index contributed by atoms with van der Waals surface area (Å²) in [7, 11) is 0. The number of esters is 4. The van der Waals surface area contributed by atoms with Crippen LogP contribution in [0.15, 0.2) is 70.9 Å². The molecule has 0 heterocycles. The molecule has 2 rings (SSSR count). The monoisotopic (exact) mass is 526 g/mol. The van der Waals surface area contributed by atoms with E-state index in [-0.39, 0.29) is 5.71 Å². The van der Waals surface area contributed by atoms with Crippen molar-refractivity contribution >= 4 is 47.2 Å². The first-order valence-electron chi connectivity index (χ1n) is 11.5. The van der Waals surface area contributed by atoms with Crippen molar-refractivity contribution in [2.75, 3.05) is 17.5 Å². The SMILES string of the molecule is CC(=O)OC[C@@H](OC(C)=O)[C@@H](OC(C)=O)[C@H](OC(C)=O)C(/C=N/Nc1ccccc1)=N/Nc1ccccc1. The Kier molecular flexibility index (Phi) is 11.9. The molecule has 202 valence electrons. The van der Waals surface area contributed by atoms with Gasteiger partial charge in [-0.1, -0.05) is 36.4 Å².